The first kappa shape index (κ1) is 11.4. The van der Waals surface area contributed by atoms with E-state index in [1.54, 1.807) is 0 Å². The lowest BCUT2D eigenvalue weighted by molar-refractivity contribution is 0.684. The Labute approximate surface area is 100 Å². The number of nitrogens with two attached hydrogens (primary N) is 1. The van der Waals surface area contributed by atoms with Crippen molar-refractivity contribution < 1.29 is 0 Å². The van der Waals surface area contributed by atoms with Gasteiger partial charge < -0.3 is 5.73 Å². The van der Waals surface area contributed by atoms with Crippen molar-refractivity contribution in [2.45, 2.75) is 32.9 Å². The molecule has 3 nitrogen and oxygen atoms in total. The van der Waals surface area contributed by atoms with E-state index >= 15 is 0 Å². The maximum atomic E-state index is 6.10. The number of hydrogen-bond donors (Lipinski definition) is 1. The Balaban J connectivity index is 2.49. The lowest BCUT2D eigenvalue weighted by Crippen LogP contribution is -2.17. The smallest absolute Gasteiger partial charge is 0.158 e. The Morgan fingerprint density at radius 1 is 1.50 bits per heavy atom. The van der Waals surface area contributed by atoms with Gasteiger partial charge in [0.25, 0.3) is 0 Å². The van der Waals surface area contributed by atoms with Crippen LogP contribution in [0.5, 0.6) is 0 Å². The fraction of sp³-hybridized carbons (Fsp3) is 0.417. The van der Waals surface area contributed by atoms with Gasteiger partial charge in [-0.25, -0.2) is 0 Å². The molecule has 0 saturated heterocycles. The molecule has 0 aliphatic rings. The van der Waals surface area contributed by atoms with Crippen LogP contribution < -0.4 is 5.73 Å². The van der Waals surface area contributed by atoms with Crippen molar-refractivity contribution in [1.29, 1.82) is 0 Å². The summed E-state index contributed by atoms with van der Waals surface area (Å²) in [5, 5.41) is 5.87. The number of halogens is 1. The summed E-state index contributed by atoms with van der Waals surface area (Å²) in [7, 11) is 0. The fourth-order valence-electron chi connectivity index (χ4n) is 1.93. The van der Waals surface area contributed by atoms with E-state index in [0.29, 0.717) is 5.15 Å². The van der Waals surface area contributed by atoms with Gasteiger partial charge in [0.2, 0.25) is 0 Å². The molecule has 1 aromatic heterocycles. The summed E-state index contributed by atoms with van der Waals surface area (Å²) >= 11 is 6.10. The van der Waals surface area contributed by atoms with Crippen LogP contribution in [0.2, 0.25) is 5.15 Å². The summed E-state index contributed by atoms with van der Waals surface area (Å²) in [5.74, 6) is 0. The molecule has 1 atom stereocenters. The normalized spacial score (nSPS) is 13.2. The fourth-order valence-corrected chi connectivity index (χ4v) is 2.17. The Hall–Kier alpha value is -1.06. The second kappa shape index (κ2) is 4.44. The van der Waals surface area contributed by atoms with E-state index in [4.69, 9.17) is 17.3 Å². The summed E-state index contributed by atoms with van der Waals surface area (Å²) < 4.78 is 1.91. The van der Waals surface area contributed by atoms with Crippen LogP contribution in [0.4, 0.5) is 0 Å². The van der Waals surface area contributed by atoms with E-state index in [9.17, 15) is 0 Å². The molecule has 1 unspecified atom stereocenters. The van der Waals surface area contributed by atoms with Crippen LogP contribution in [0, 0.1) is 0 Å². The number of hydrogen-bond acceptors (Lipinski definition) is 2. The molecule has 0 saturated carbocycles. The first-order valence-electron chi connectivity index (χ1n) is 5.52. The van der Waals surface area contributed by atoms with Gasteiger partial charge in [0, 0.05) is 18.0 Å². The van der Waals surface area contributed by atoms with E-state index in [1.807, 2.05) is 11.6 Å². The molecule has 0 radical (unpaired) electrons. The van der Waals surface area contributed by atoms with E-state index in [0.717, 1.165) is 23.9 Å². The van der Waals surface area contributed by atoms with Gasteiger partial charge in [0.15, 0.2) is 5.15 Å². The monoisotopic (exact) mass is 237 g/mol. The van der Waals surface area contributed by atoms with Crippen LogP contribution >= 0.6 is 11.6 Å². The molecular weight excluding hydrogens is 222 g/mol. The largest absolute Gasteiger partial charge is 0.328 e. The minimum Gasteiger partial charge on any atom is -0.328 e. The standard InChI is InChI=1S/C12H16ClN3/c1-3-16-11-5-4-9(6-8(2)14)7-10(11)12(13)15-16/h4-5,7-8H,3,6,14H2,1-2H3. The average molecular weight is 238 g/mol. The van der Waals surface area contributed by atoms with Crippen LogP contribution in [-0.2, 0) is 13.0 Å². The van der Waals surface area contributed by atoms with E-state index in [2.05, 4.69) is 30.2 Å². The van der Waals surface area contributed by atoms with Crippen molar-refractivity contribution in [3.8, 4) is 0 Å². The molecule has 0 aliphatic carbocycles. The quantitative estimate of drug-likeness (QED) is 0.892. The molecule has 2 rings (SSSR count). The van der Waals surface area contributed by atoms with Crippen molar-refractivity contribution in [3.63, 3.8) is 0 Å². The summed E-state index contributed by atoms with van der Waals surface area (Å²) in [6.07, 6.45) is 0.865. The van der Waals surface area contributed by atoms with Gasteiger partial charge in [0.05, 0.1) is 5.52 Å². The lowest BCUT2D eigenvalue weighted by atomic mass is 10.1. The van der Waals surface area contributed by atoms with Crippen molar-refractivity contribution >= 4 is 22.5 Å². The first-order chi connectivity index (χ1) is 7.61. The van der Waals surface area contributed by atoms with Crippen molar-refractivity contribution in [2.24, 2.45) is 5.73 Å². The second-order valence-corrected chi connectivity index (χ2v) is 4.50. The van der Waals surface area contributed by atoms with Gasteiger partial charge in [-0.1, -0.05) is 17.7 Å². The Morgan fingerprint density at radius 2 is 2.25 bits per heavy atom. The third-order valence-corrected chi connectivity index (χ3v) is 2.91. The summed E-state index contributed by atoms with van der Waals surface area (Å²) in [6.45, 7) is 4.88. The molecule has 0 bridgehead atoms. The predicted octanol–water partition coefficient (Wildman–Crippen LogP) is 2.60. The van der Waals surface area contributed by atoms with Crippen LogP contribution in [0.3, 0.4) is 0 Å². The van der Waals surface area contributed by atoms with Gasteiger partial charge in [-0.2, -0.15) is 5.10 Å². The van der Waals surface area contributed by atoms with Crippen molar-refractivity contribution in [1.82, 2.24) is 9.78 Å². The van der Waals surface area contributed by atoms with Gasteiger partial charge in [-0.15, -0.1) is 0 Å². The molecule has 0 aliphatic heterocycles. The van der Waals surface area contributed by atoms with Gasteiger partial charge in [-0.05, 0) is 38.0 Å². The zero-order chi connectivity index (χ0) is 11.7. The summed E-state index contributed by atoms with van der Waals surface area (Å²) in [4.78, 5) is 0. The second-order valence-electron chi connectivity index (χ2n) is 4.14. The lowest BCUT2D eigenvalue weighted by Gasteiger charge is -2.05. The van der Waals surface area contributed by atoms with E-state index < -0.39 is 0 Å². The molecule has 1 aromatic carbocycles. The van der Waals surface area contributed by atoms with Crippen LogP contribution in [0.15, 0.2) is 18.2 Å². The summed E-state index contributed by atoms with van der Waals surface area (Å²) in [5.41, 5.74) is 8.08. The SMILES string of the molecule is CCn1nc(Cl)c2cc(CC(C)N)ccc21. The number of benzene rings is 1. The van der Waals surface area contributed by atoms with Gasteiger partial charge in [-0.3, -0.25) is 4.68 Å². The molecule has 0 fully saturated rings. The van der Waals surface area contributed by atoms with Gasteiger partial charge >= 0.3 is 0 Å². The topological polar surface area (TPSA) is 43.8 Å². The number of aryl methyl sites for hydroxylation is 1. The van der Waals surface area contributed by atoms with E-state index in [1.165, 1.54) is 5.56 Å². The predicted molar refractivity (Wildman–Crippen MR) is 67.8 cm³/mol. The third-order valence-electron chi connectivity index (χ3n) is 2.63. The number of nitrogens with zero attached hydrogens (tertiary/aromatic N) is 2. The van der Waals surface area contributed by atoms with Crippen molar-refractivity contribution in [2.75, 3.05) is 0 Å². The Bertz CT molecular complexity index is 502. The Kier molecular flexibility index (Phi) is 3.17. The van der Waals surface area contributed by atoms with Crippen LogP contribution in [0.1, 0.15) is 19.4 Å². The molecule has 16 heavy (non-hydrogen) atoms. The molecule has 0 spiro atoms. The minimum absolute atomic E-state index is 0.164. The molecular formula is C12H16ClN3. The van der Waals surface area contributed by atoms with Crippen LogP contribution in [0.25, 0.3) is 10.9 Å². The highest BCUT2D eigenvalue weighted by Gasteiger charge is 2.08. The minimum atomic E-state index is 0.164. The van der Waals surface area contributed by atoms with E-state index in [-0.39, 0.29) is 6.04 Å². The Morgan fingerprint density at radius 3 is 2.88 bits per heavy atom. The molecule has 86 valence electrons. The molecule has 2 aromatic rings. The zero-order valence-corrected chi connectivity index (χ0v) is 10.3. The van der Waals surface area contributed by atoms with Gasteiger partial charge in [0.1, 0.15) is 0 Å². The molecule has 0 amide bonds. The maximum Gasteiger partial charge on any atom is 0.158 e. The molecule has 2 N–H and O–H groups in total. The number of aromatic nitrogens is 2. The number of rotatable bonds is 3. The number of fused-ring (bicyclic) bond motifs is 1. The highest BCUT2D eigenvalue weighted by molar-refractivity contribution is 6.34. The highest BCUT2D eigenvalue weighted by Crippen LogP contribution is 2.24. The maximum absolute atomic E-state index is 6.10. The average Bonchev–Trinajstić information content (AvgIpc) is 2.55. The third kappa shape index (κ3) is 2.06. The highest BCUT2D eigenvalue weighted by atomic mass is 35.5. The zero-order valence-electron chi connectivity index (χ0n) is 9.57. The summed E-state index contributed by atoms with van der Waals surface area (Å²) in [6, 6.07) is 6.41. The molecule has 1 heterocycles. The van der Waals surface area contributed by atoms with Crippen LogP contribution in [-0.4, -0.2) is 15.8 Å². The first-order valence-corrected chi connectivity index (χ1v) is 5.90. The molecule has 4 heteroatoms. The van der Waals surface area contributed by atoms with Crippen molar-refractivity contribution in [3.05, 3.63) is 28.9 Å².